The van der Waals surface area contributed by atoms with Gasteiger partial charge in [0.05, 0.1) is 0 Å². The topological polar surface area (TPSA) is 9.23 Å². The first-order valence-corrected chi connectivity index (χ1v) is 7.14. The second-order valence-electron chi connectivity index (χ2n) is 3.33. The maximum atomic E-state index is 5.75. The molecule has 1 nitrogen and oxygen atoms in total. The van der Waals surface area contributed by atoms with Crippen LogP contribution in [0.25, 0.3) is 0 Å². The summed E-state index contributed by atoms with van der Waals surface area (Å²) in [5.41, 5.74) is 0.586. The second kappa shape index (κ2) is 3.37. The summed E-state index contributed by atoms with van der Waals surface area (Å²) in [6.07, 6.45) is 8.70. The van der Waals surface area contributed by atoms with Crippen molar-refractivity contribution in [3.63, 3.8) is 0 Å². The summed E-state index contributed by atoms with van der Waals surface area (Å²) in [6.45, 7) is 7.44. The van der Waals surface area contributed by atoms with Crippen LogP contribution < -0.4 is 0 Å². The van der Waals surface area contributed by atoms with E-state index in [1.807, 2.05) is 0 Å². The van der Waals surface area contributed by atoms with Crippen LogP contribution in [0.2, 0.25) is 18.6 Å². The van der Waals surface area contributed by atoms with Gasteiger partial charge in [-0.2, -0.15) is 0 Å². The van der Waals surface area contributed by atoms with E-state index >= 15 is 0 Å². The zero-order valence-corrected chi connectivity index (χ0v) is 8.50. The molecule has 0 heterocycles. The van der Waals surface area contributed by atoms with Crippen molar-refractivity contribution in [1.82, 2.24) is 0 Å². The lowest BCUT2D eigenvalue weighted by Gasteiger charge is -2.26. The highest BCUT2D eigenvalue weighted by Crippen LogP contribution is 2.28. The molecule has 0 saturated carbocycles. The molecule has 0 bridgehead atoms. The molecule has 0 aromatic carbocycles. The van der Waals surface area contributed by atoms with Gasteiger partial charge in [-0.15, -0.1) is 0 Å². The largest absolute Gasteiger partial charge is 0.417 e. The lowest BCUT2D eigenvalue weighted by atomic mass is 10.5. The molecule has 11 heavy (non-hydrogen) atoms. The average molecular weight is 168 g/mol. The van der Waals surface area contributed by atoms with E-state index in [-0.39, 0.29) is 0 Å². The summed E-state index contributed by atoms with van der Waals surface area (Å²) in [5, 5.41) is 0. The molecule has 0 saturated heterocycles. The third-order valence-electron chi connectivity index (χ3n) is 2.07. The number of hydrogen-bond acceptors (Lipinski definition) is 1. The molecular formula is C9H16OSi. The molecule has 0 unspecified atom stereocenters. The molecule has 0 spiro atoms. The van der Waals surface area contributed by atoms with Gasteiger partial charge >= 0.3 is 0 Å². The highest BCUT2D eigenvalue weighted by Gasteiger charge is 2.30. The Morgan fingerprint density at radius 2 is 1.82 bits per heavy atom. The maximum Gasteiger partial charge on any atom is 0.197 e. The first kappa shape index (κ1) is 8.75. The standard InChI is InChI=1S/C9H16OSi/c1-4-10-11(2,3)9-7-5-6-8-9/h5-9H,4H2,1-3H3. The van der Waals surface area contributed by atoms with Crippen LogP contribution in [-0.4, -0.2) is 14.9 Å². The first-order chi connectivity index (χ1) is 5.17. The van der Waals surface area contributed by atoms with E-state index in [9.17, 15) is 0 Å². The second-order valence-corrected chi connectivity index (χ2v) is 7.49. The Bertz CT molecular complexity index is 170. The number of allylic oxidation sites excluding steroid dienone is 4. The van der Waals surface area contributed by atoms with Gasteiger partial charge < -0.3 is 4.43 Å². The van der Waals surface area contributed by atoms with Crippen molar-refractivity contribution in [3.8, 4) is 0 Å². The summed E-state index contributed by atoms with van der Waals surface area (Å²) >= 11 is 0. The van der Waals surface area contributed by atoms with Crippen molar-refractivity contribution in [2.24, 2.45) is 0 Å². The maximum absolute atomic E-state index is 5.75. The summed E-state index contributed by atoms with van der Waals surface area (Å²) < 4.78 is 5.75. The van der Waals surface area contributed by atoms with Gasteiger partial charge in [-0.05, 0) is 20.0 Å². The van der Waals surface area contributed by atoms with Crippen LogP contribution >= 0.6 is 0 Å². The molecule has 0 radical (unpaired) electrons. The Morgan fingerprint density at radius 1 is 1.27 bits per heavy atom. The Hall–Kier alpha value is -0.343. The van der Waals surface area contributed by atoms with E-state index in [1.165, 1.54) is 0 Å². The van der Waals surface area contributed by atoms with E-state index in [1.54, 1.807) is 0 Å². The molecule has 0 aliphatic heterocycles. The molecule has 0 fully saturated rings. The predicted molar refractivity (Wildman–Crippen MR) is 51.1 cm³/mol. The molecule has 0 aromatic heterocycles. The summed E-state index contributed by atoms with van der Waals surface area (Å²) in [7, 11) is -1.44. The van der Waals surface area contributed by atoms with E-state index in [2.05, 4.69) is 44.3 Å². The lowest BCUT2D eigenvalue weighted by Crippen LogP contribution is -2.34. The SMILES string of the molecule is CCO[Si](C)(C)C1C=CC=C1. The highest BCUT2D eigenvalue weighted by atomic mass is 28.4. The van der Waals surface area contributed by atoms with Gasteiger partial charge in [0, 0.05) is 12.1 Å². The minimum absolute atomic E-state index is 0.586. The molecule has 0 N–H and O–H groups in total. The van der Waals surface area contributed by atoms with E-state index in [0.29, 0.717) is 5.54 Å². The van der Waals surface area contributed by atoms with Crippen LogP contribution in [0.5, 0.6) is 0 Å². The van der Waals surface area contributed by atoms with Crippen molar-refractivity contribution >= 4 is 8.32 Å². The Kier molecular flexibility index (Phi) is 2.68. The van der Waals surface area contributed by atoms with E-state index in [0.717, 1.165) is 6.61 Å². The predicted octanol–water partition coefficient (Wildman–Crippen LogP) is 2.72. The number of hydrogen-bond donors (Lipinski definition) is 0. The van der Waals surface area contributed by atoms with Gasteiger partial charge in [-0.1, -0.05) is 24.3 Å². The molecule has 62 valence electrons. The molecule has 1 aliphatic rings. The normalized spacial score (nSPS) is 18.1. The van der Waals surface area contributed by atoms with Crippen molar-refractivity contribution < 1.29 is 4.43 Å². The Balaban J connectivity index is 2.56. The number of rotatable bonds is 3. The fourth-order valence-electron chi connectivity index (χ4n) is 1.36. The molecule has 2 heteroatoms. The van der Waals surface area contributed by atoms with Crippen molar-refractivity contribution in [3.05, 3.63) is 24.3 Å². The van der Waals surface area contributed by atoms with Gasteiger partial charge in [0.25, 0.3) is 0 Å². The van der Waals surface area contributed by atoms with Gasteiger partial charge in [-0.3, -0.25) is 0 Å². The Labute approximate surface area is 69.9 Å². The first-order valence-electron chi connectivity index (χ1n) is 4.16. The Morgan fingerprint density at radius 3 is 2.27 bits per heavy atom. The molecule has 1 aliphatic carbocycles. The smallest absolute Gasteiger partial charge is 0.197 e. The van der Waals surface area contributed by atoms with Crippen LogP contribution in [0.1, 0.15) is 6.92 Å². The van der Waals surface area contributed by atoms with Gasteiger partial charge in [0.1, 0.15) is 0 Å². The van der Waals surface area contributed by atoms with Crippen molar-refractivity contribution in [1.29, 1.82) is 0 Å². The third-order valence-corrected chi connectivity index (χ3v) is 5.09. The quantitative estimate of drug-likeness (QED) is 0.589. The zero-order valence-electron chi connectivity index (χ0n) is 7.50. The molecular weight excluding hydrogens is 152 g/mol. The van der Waals surface area contributed by atoms with Gasteiger partial charge in [0.2, 0.25) is 0 Å². The molecule has 1 rings (SSSR count). The monoisotopic (exact) mass is 168 g/mol. The zero-order chi connectivity index (χ0) is 8.32. The lowest BCUT2D eigenvalue weighted by molar-refractivity contribution is 0.327. The van der Waals surface area contributed by atoms with Gasteiger partial charge in [0.15, 0.2) is 8.32 Å². The van der Waals surface area contributed by atoms with Crippen LogP contribution in [0.3, 0.4) is 0 Å². The molecule has 0 amide bonds. The average Bonchev–Trinajstić information content (AvgIpc) is 2.37. The minimum atomic E-state index is -1.44. The van der Waals surface area contributed by atoms with Crippen LogP contribution in [0.4, 0.5) is 0 Å². The van der Waals surface area contributed by atoms with Crippen molar-refractivity contribution in [2.75, 3.05) is 6.61 Å². The minimum Gasteiger partial charge on any atom is -0.417 e. The molecule has 0 atom stereocenters. The summed E-state index contributed by atoms with van der Waals surface area (Å²) in [4.78, 5) is 0. The van der Waals surface area contributed by atoms with Crippen LogP contribution in [-0.2, 0) is 4.43 Å². The summed E-state index contributed by atoms with van der Waals surface area (Å²) in [6, 6.07) is 0. The van der Waals surface area contributed by atoms with E-state index < -0.39 is 8.32 Å². The van der Waals surface area contributed by atoms with Crippen molar-refractivity contribution in [2.45, 2.75) is 25.6 Å². The van der Waals surface area contributed by atoms with Crippen LogP contribution in [0.15, 0.2) is 24.3 Å². The fraction of sp³-hybridized carbons (Fsp3) is 0.556. The summed E-state index contributed by atoms with van der Waals surface area (Å²) in [5.74, 6) is 0. The molecule has 0 aromatic rings. The van der Waals surface area contributed by atoms with Crippen LogP contribution in [0, 0.1) is 0 Å². The van der Waals surface area contributed by atoms with E-state index in [4.69, 9.17) is 4.43 Å². The van der Waals surface area contributed by atoms with Gasteiger partial charge in [-0.25, -0.2) is 0 Å². The third kappa shape index (κ3) is 2.04. The fourth-order valence-corrected chi connectivity index (χ4v) is 3.45. The highest BCUT2D eigenvalue weighted by molar-refractivity contribution is 6.73.